The van der Waals surface area contributed by atoms with Gasteiger partial charge < -0.3 is 0 Å². The number of fused-ring (bicyclic) bond motifs is 6. The van der Waals surface area contributed by atoms with Gasteiger partial charge in [0.15, 0.2) is 0 Å². The second-order valence-corrected chi connectivity index (χ2v) is 18.2. The van der Waals surface area contributed by atoms with Crippen LogP contribution in [0.2, 0.25) is 0 Å². The first-order valence-electron chi connectivity index (χ1n) is 15.6. The zero-order valence-corrected chi connectivity index (χ0v) is 30.4. The van der Waals surface area contributed by atoms with Crippen LogP contribution in [0.1, 0.15) is 48.6 Å². The molecule has 0 aliphatic heterocycles. The summed E-state index contributed by atoms with van der Waals surface area (Å²) in [7, 11) is 0. The number of thiophene rings is 4. The van der Waals surface area contributed by atoms with Gasteiger partial charge in [0, 0.05) is 60.6 Å². The van der Waals surface area contributed by atoms with Crippen molar-refractivity contribution >= 4 is 99.1 Å². The summed E-state index contributed by atoms with van der Waals surface area (Å²) >= 11 is 8.94. The van der Waals surface area contributed by atoms with Crippen molar-refractivity contribution in [2.45, 2.75) is 54.4 Å². The molecule has 0 fully saturated rings. The van der Waals surface area contributed by atoms with Crippen LogP contribution in [0.15, 0.2) is 60.7 Å². The van der Waals surface area contributed by atoms with E-state index in [4.69, 9.17) is 8.75 Å². The highest BCUT2D eigenvalue weighted by Crippen LogP contribution is 2.48. The second kappa shape index (κ2) is 11.4. The van der Waals surface area contributed by atoms with E-state index in [1.807, 2.05) is 45.3 Å². The van der Waals surface area contributed by atoms with E-state index in [0.717, 1.165) is 23.9 Å². The average molecular weight is 679 g/mol. The van der Waals surface area contributed by atoms with E-state index in [9.17, 15) is 0 Å². The molecule has 0 amide bonds. The SMILES string of the molecule is Cc1cc(CC(C)C)c(-c2ccc(-c3sc(-c4cc5c(ccc6c7cc(C)sc7ccc56)s4)cc3CC(C)C)c3nsnc23)s1. The Hall–Kier alpha value is -2.94. The van der Waals surface area contributed by atoms with Gasteiger partial charge in [0.05, 0.1) is 11.7 Å². The zero-order chi connectivity index (χ0) is 31.0. The molecule has 0 unspecified atom stereocenters. The summed E-state index contributed by atoms with van der Waals surface area (Å²) in [6.45, 7) is 13.7. The van der Waals surface area contributed by atoms with Gasteiger partial charge in [-0.05, 0) is 96.8 Å². The smallest absolute Gasteiger partial charge is 0.114 e. The highest BCUT2D eigenvalue weighted by atomic mass is 32.1. The van der Waals surface area contributed by atoms with E-state index in [2.05, 4.69) is 102 Å². The number of aryl methyl sites for hydroxylation is 2. The first kappa shape index (κ1) is 29.5. The van der Waals surface area contributed by atoms with Gasteiger partial charge in [0.25, 0.3) is 0 Å². The van der Waals surface area contributed by atoms with Crippen molar-refractivity contribution in [3.05, 3.63) is 81.5 Å². The molecule has 3 aromatic carbocycles. The van der Waals surface area contributed by atoms with Gasteiger partial charge in [0.2, 0.25) is 0 Å². The van der Waals surface area contributed by atoms with Gasteiger partial charge >= 0.3 is 0 Å². The van der Waals surface area contributed by atoms with Gasteiger partial charge in [-0.25, -0.2) is 0 Å². The maximum Gasteiger partial charge on any atom is 0.114 e. The molecular weight excluding hydrogens is 645 g/mol. The molecule has 226 valence electrons. The lowest BCUT2D eigenvalue weighted by Gasteiger charge is -2.10. The van der Waals surface area contributed by atoms with E-state index < -0.39 is 0 Å². The van der Waals surface area contributed by atoms with E-state index in [1.165, 1.54) is 94.2 Å². The molecule has 7 heteroatoms. The second-order valence-electron chi connectivity index (χ2n) is 13.0. The average Bonchev–Trinajstić information content (AvgIpc) is 3.81. The van der Waals surface area contributed by atoms with Gasteiger partial charge in [-0.15, -0.1) is 45.3 Å². The molecule has 0 aliphatic carbocycles. The van der Waals surface area contributed by atoms with Crippen molar-refractivity contribution < 1.29 is 0 Å². The third-order valence-corrected chi connectivity index (χ3v) is 13.6. The maximum atomic E-state index is 4.92. The molecule has 0 atom stereocenters. The van der Waals surface area contributed by atoms with Crippen LogP contribution in [0, 0.1) is 25.7 Å². The van der Waals surface area contributed by atoms with Crippen molar-refractivity contribution in [1.29, 1.82) is 0 Å². The highest BCUT2D eigenvalue weighted by molar-refractivity contribution is 7.27. The normalized spacial score (nSPS) is 12.4. The van der Waals surface area contributed by atoms with Crippen molar-refractivity contribution in [1.82, 2.24) is 8.75 Å². The van der Waals surface area contributed by atoms with Gasteiger partial charge in [-0.1, -0.05) is 52.0 Å². The van der Waals surface area contributed by atoms with Gasteiger partial charge in [-0.3, -0.25) is 0 Å². The van der Waals surface area contributed by atoms with Crippen molar-refractivity contribution in [3.8, 4) is 30.6 Å². The molecule has 0 N–H and O–H groups in total. The molecule has 8 rings (SSSR count). The molecule has 2 nitrogen and oxygen atoms in total. The summed E-state index contributed by atoms with van der Waals surface area (Å²) < 4.78 is 12.5. The third kappa shape index (κ3) is 5.17. The van der Waals surface area contributed by atoms with Crippen LogP contribution >= 0.6 is 57.1 Å². The minimum Gasteiger partial charge on any atom is -0.172 e. The fourth-order valence-electron chi connectivity index (χ4n) is 6.68. The van der Waals surface area contributed by atoms with Gasteiger partial charge in [0.1, 0.15) is 11.0 Å². The standard InChI is InChI=1S/C38H34N2S5/c1-19(2)13-23-15-21(5)42-37(23)27-7-8-28(36-35(27)39-45-40-36)38-24(14-20(3)4)17-33(44-38)34-18-30-26-9-11-31-29(16-22(6)41-31)25(26)10-12-32(30)43-34/h7-12,15-20H,13-14H2,1-6H3. The molecule has 5 aromatic heterocycles. The van der Waals surface area contributed by atoms with Crippen molar-refractivity contribution in [2.24, 2.45) is 11.8 Å². The van der Waals surface area contributed by atoms with Crippen LogP contribution in [-0.2, 0) is 12.8 Å². The monoisotopic (exact) mass is 678 g/mol. The summed E-state index contributed by atoms with van der Waals surface area (Å²) in [4.78, 5) is 8.10. The van der Waals surface area contributed by atoms with E-state index >= 15 is 0 Å². The molecule has 0 radical (unpaired) electrons. The first-order chi connectivity index (χ1) is 21.7. The molecular formula is C38H34N2S5. The van der Waals surface area contributed by atoms with Crippen LogP contribution in [0.4, 0.5) is 0 Å². The van der Waals surface area contributed by atoms with Crippen LogP contribution in [-0.4, -0.2) is 8.75 Å². The number of nitrogens with zero attached hydrogens (tertiary/aromatic N) is 2. The number of benzene rings is 3. The summed E-state index contributed by atoms with van der Waals surface area (Å²) in [5.74, 6) is 1.17. The topological polar surface area (TPSA) is 25.8 Å². The largest absolute Gasteiger partial charge is 0.172 e. The van der Waals surface area contributed by atoms with Crippen molar-refractivity contribution in [3.63, 3.8) is 0 Å². The molecule has 0 saturated carbocycles. The Morgan fingerprint density at radius 2 is 1.07 bits per heavy atom. The van der Waals surface area contributed by atoms with Gasteiger partial charge in [-0.2, -0.15) is 8.75 Å². The maximum absolute atomic E-state index is 4.92. The molecule has 8 aromatic rings. The number of aromatic nitrogens is 2. The fraction of sp³-hybridized carbons (Fsp3) is 0.263. The molecule has 45 heavy (non-hydrogen) atoms. The minimum absolute atomic E-state index is 0.560. The number of hydrogen-bond donors (Lipinski definition) is 0. The van der Waals surface area contributed by atoms with Crippen LogP contribution in [0.3, 0.4) is 0 Å². The molecule has 0 spiro atoms. The van der Waals surface area contributed by atoms with Crippen LogP contribution < -0.4 is 0 Å². The predicted molar refractivity (Wildman–Crippen MR) is 204 cm³/mol. The predicted octanol–water partition coefficient (Wildman–Crippen LogP) is 13.4. The minimum atomic E-state index is 0.560. The Morgan fingerprint density at radius 3 is 1.71 bits per heavy atom. The lowest BCUT2D eigenvalue weighted by atomic mass is 9.96. The van der Waals surface area contributed by atoms with Crippen LogP contribution in [0.25, 0.3) is 72.6 Å². The van der Waals surface area contributed by atoms with E-state index in [-0.39, 0.29) is 0 Å². The van der Waals surface area contributed by atoms with Crippen molar-refractivity contribution in [2.75, 3.05) is 0 Å². The third-order valence-electron chi connectivity index (χ3n) is 8.46. The molecule has 5 heterocycles. The Labute approximate surface area is 284 Å². The van der Waals surface area contributed by atoms with E-state index in [1.54, 1.807) is 0 Å². The lowest BCUT2D eigenvalue weighted by Crippen LogP contribution is -1.95. The van der Waals surface area contributed by atoms with Crippen LogP contribution in [0.5, 0.6) is 0 Å². The zero-order valence-electron chi connectivity index (χ0n) is 26.3. The molecule has 0 bridgehead atoms. The lowest BCUT2D eigenvalue weighted by molar-refractivity contribution is 0.649. The molecule has 0 saturated heterocycles. The Bertz CT molecular complexity index is 2370. The summed E-state index contributed by atoms with van der Waals surface area (Å²) in [6.07, 6.45) is 2.12. The first-order valence-corrected chi connectivity index (χ1v) is 19.6. The summed E-state index contributed by atoms with van der Waals surface area (Å²) in [5, 5.41) is 5.45. The number of hydrogen-bond acceptors (Lipinski definition) is 7. The Kier molecular flexibility index (Phi) is 7.46. The summed E-state index contributed by atoms with van der Waals surface area (Å²) in [6, 6.07) is 23.5. The Balaban J connectivity index is 1.26. The highest BCUT2D eigenvalue weighted by Gasteiger charge is 2.22. The Morgan fingerprint density at radius 1 is 0.533 bits per heavy atom. The van der Waals surface area contributed by atoms with E-state index in [0.29, 0.717) is 11.8 Å². The molecule has 0 aliphatic rings. The fourth-order valence-corrected chi connectivity index (χ4v) is 11.6. The number of rotatable bonds is 7. The quantitative estimate of drug-likeness (QED) is 0.168. The summed E-state index contributed by atoms with van der Waals surface area (Å²) in [5.41, 5.74) is 7.37.